The van der Waals surface area contributed by atoms with Gasteiger partial charge in [-0.15, -0.1) is 11.3 Å². The molecule has 23 heavy (non-hydrogen) atoms. The van der Waals surface area contributed by atoms with Gasteiger partial charge in [-0.25, -0.2) is 4.98 Å². The molecule has 0 aliphatic heterocycles. The molecule has 1 aromatic carbocycles. The quantitative estimate of drug-likeness (QED) is 0.902. The predicted molar refractivity (Wildman–Crippen MR) is 80.2 cm³/mol. The molecule has 1 atom stereocenters. The van der Waals surface area contributed by atoms with Gasteiger partial charge in [-0.3, -0.25) is 4.79 Å². The Hall–Kier alpha value is -2.09. The predicted octanol–water partition coefficient (Wildman–Crippen LogP) is 3.55. The number of para-hydroxylation sites is 1. The molecular formula is C15H15F3N2O2S. The number of amides is 1. The highest BCUT2D eigenvalue weighted by atomic mass is 32.1. The van der Waals surface area contributed by atoms with E-state index in [0.717, 1.165) is 11.1 Å². The van der Waals surface area contributed by atoms with E-state index in [4.69, 9.17) is 4.74 Å². The number of hydrogen-bond donors (Lipinski definition) is 1. The Balaban J connectivity index is 1.98. The van der Waals surface area contributed by atoms with Crippen LogP contribution < -0.4 is 10.1 Å². The zero-order valence-electron chi connectivity index (χ0n) is 12.5. The van der Waals surface area contributed by atoms with E-state index >= 15 is 0 Å². The highest BCUT2D eigenvalue weighted by Crippen LogP contribution is 2.36. The fraction of sp³-hybridized carbons (Fsp3) is 0.333. The number of halogens is 3. The summed E-state index contributed by atoms with van der Waals surface area (Å²) in [6.45, 7) is 3.45. The molecule has 1 heterocycles. The Bertz CT molecular complexity index is 685. The van der Waals surface area contributed by atoms with Crippen LogP contribution in [0, 0.1) is 6.92 Å². The molecule has 0 spiro atoms. The summed E-state index contributed by atoms with van der Waals surface area (Å²) in [5, 5.41) is 5.27. The van der Waals surface area contributed by atoms with Crippen molar-refractivity contribution in [2.45, 2.75) is 32.7 Å². The van der Waals surface area contributed by atoms with Crippen molar-refractivity contribution in [2.24, 2.45) is 0 Å². The maximum absolute atomic E-state index is 12.9. The molecule has 1 aromatic heterocycles. The molecule has 0 saturated carbocycles. The SMILES string of the molecule is Cc1nc(CNC(=O)[C@H](C)Oc2ccccc2C(F)(F)F)cs1. The van der Waals surface area contributed by atoms with Gasteiger partial charge < -0.3 is 10.1 Å². The van der Waals surface area contributed by atoms with Gasteiger partial charge in [0.25, 0.3) is 5.91 Å². The fourth-order valence-corrected chi connectivity index (χ4v) is 2.47. The van der Waals surface area contributed by atoms with Crippen molar-refractivity contribution >= 4 is 17.2 Å². The Morgan fingerprint density at radius 3 is 2.70 bits per heavy atom. The molecule has 4 nitrogen and oxygen atoms in total. The van der Waals surface area contributed by atoms with E-state index in [1.807, 2.05) is 6.92 Å². The lowest BCUT2D eigenvalue weighted by atomic mass is 10.2. The monoisotopic (exact) mass is 344 g/mol. The molecule has 0 fully saturated rings. The lowest BCUT2D eigenvalue weighted by Crippen LogP contribution is -2.36. The van der Waals surface area contributed by atoms with Gasteiger partial charge in [0.2, 0.25) is 0 Å². The second-order valence-electron chi connectivity index (χ2n) is 4.83. The van der Waals surface area contributed by atoms with Gasteiger partial charge in [0.1, 0.15) is 5.75 Å². The zero-order valence-corrected chi connectivity index (χ0v) is 13.3. The minimum absolute atomic E-state index is 0.206. The molecule has 0 saturated heterocycles. The zero-order chi connectivity index (χ0) is 17.0. The summed E-state index contributed by atoms with van der Waals surface area (Å²) in [5.74, 6) is -0.875. The molecule has 0 bridgehead atoms. The van der Waals surface area contributed by atoms with Crippen LogP contribution in [0.1, 0.15) is 23.2 Å². The van der Waals surface area contributed by atoms with E-state index in [0.29, 0.717) is 5.69 Å². The number of carbonyl (C=O) groups excluding carboxylic acids is 1. The van der Waals surface area contributed by atoms with Gasteiger partial charge in [-0.1, -0.05) is 12.1 Å². The first-order chi connectivity index (χ1) is 10.8. The highest BCUT2D eigenvalue weighted by Gasteiger charge is 2.34. The summed E-state index contributed by atoms with van der Waals surface area (Å²) in [6.07, 6.45) is -5.59. The second-order valence-corrected chi connectivity index (χ2v) is 5.89. The number of nitrogens with zero attached hydrogens (tertiary/aromatic N) is 1. The number of alkyl halides is 3. The summed E-state index contributed by atoms with van der Waals surface area (Å²) >= 11 is 1.45. The molecule has 0 aliphatic carbocycles. The van der Waals surface area contributed by atoms with Gasteiger partial charge in [0, 0.05) is 5.38 Å². The largest absolute Gasteiger partial charge is 0.480 e. The number of rotatable bonds is 5. The third kappa shape index (κ3) is 4.69. The number of carbonyl (C=O) groups is 1. The second kappa shape index (κ2) is 6.99. The average molecular weight is 344 g/mol. The standard InChI is InChI=1S/C15H15F3N2O2S/c1-9(14(21)19-7-11-8-23-10(2)20-11)22-13-6-4-3-5-12(13)15(16,17)18/h3-6,8-9H,7H2,1-2H3,(H,19,21)/t9-/m0/s1. The normalized spacial score (nSPS) is 12.7. The van der Waals surface area contributed by atoms with Crippen LogP contribution in [0.15, 0.2) is 29.6 Å². The Labute approximate surface area is 135 Å². The highest BCUT2D eigenvalue weighted by molar-refractivity contribution is 7.09. The number of thiazole rings is 1. The van der Waals surface area contributed by atoms with Gasteiger partial charge in [0.15, 0.2) is 6.10 Å². The van der Waals surface area contributed by atoms with Crippen LogP contribution in [0.4, 0.5) is 13.2 Å². The van der Waals surface area contributed by atoms with Crippen LogP contribution in [-0.2, 0) is 17.5 Å². The molecule has 1 N–H and O–H groups in total. The first-order valence-corrected chi connectivity index (χ1v) is 7.67. The van der Waals surface area contributed by atoms with Crippen molar-refractivity contribution in [2.75, 3.05) is 0 Å². The van der Waals surface area contributed by atoms with E-state index in [2.05, 4.69) is 10.3 Å². The molecule has 2 rings (SSSR count). The van der Waals surface area contributed by atoms with Crippen LogP contribution in [0.3, 0.4) is 0 Å². The van der Waals surface area contributed by atoms with Crippen LogP contribution >= 0.6 is 11.3 Å². The van der Waals surface area contributed by atoms with Crippen LogP contribution in [0.25, 0.3) is 0 Å². The molecule has 124 valence electrons. The Kier molecular flexibility index (Phi) is 5.25. The summed E-state index contributed by atoms with van der Waals surface area (Å²) in [5.41, 5.74) is -0.210. The van der Waals surface area contributed by atoms with Crippen molar-refractivity contribution in [3.05, 3.63) is 45.9 Å². The van der Waals surface area contributed by atoms with Crippen LogP contribution in [0.5, 0.6) is 5.75 Å². The molecule has 2 aromatic rings. The summed E-state index contributed by atoms with van der Waals surface area (Å²) in [7, 11) is 0. The van der Waals surface area contributed by atoms with Crippen molar-refractivity contribution < 1.29 is 22.7 Å². The third-order valence-electron chi connectivity index (χ3n) is 2.98. The van der Waals surface area contributed by atoms with Gasteiger partial charge in [-0.2, -0.15) is 13.2 Å². The number of aromatic nitrogens is 1. The van der Waals surface area contributed by atoms with E-state index in [9.17, 15) is 18.0 Å². The number of nitrogens with one attached hydrogen (secondary N) is 1. The van der Waals surface area contributed by atoms with Crippen molar-refractivity contribution in [1.82, 2.24) is 10.3 Å². The lowest BCUT2D eigenvalue weighted by molar-refractivity contribution is -0.140. The topological polar surface area (TPSA) is 51.2 Å². The van der Waals surface area contributed by atoms with Gasteiger partial charge >= 0.3 is 6.18 Å². The molecule has 1 amide bonds. The third-order valence-corrected chi connectivity index (χ3v) is 3.80. The minimum atomic E-state index is -4.54. The van der Waals surface area contributed by atoms with Crippen LogP contribution in [0.2, 0.25) is 0 Å². The maximum Gasteiger partial charge on any atom is 0.419 e. The minimum Gasteiger partial charge on any atom is -0.480 e. The molecule has 0 radical (unpaired) electrons. The van der Waals surface area contributed by atoms with Crippen molar-refractivity contribution in [1.29, 1.82) is 0 Å². The van der Waals surface area contributed by atoms with Gasteiger partial charge in [-0.05, 0) is 26.0 Å². The number of hydrogen-bond acceptors (Lipinski definition) is 4. The summed E-state index contributed by atoms with van der Waals surface area (Å²) < 4.78 is 43.8. The number of ether oxygens (including phenoxy) is 1. The summed E-state index contributed by atoms with van der Waals surface area (Å²) in [4.78, 5) is 16.1. The maximum atomic E-state index is 12.9. The average Bonchev–Trinajstić information content (AvgIpc) is 2.89. The number of aryl methyl sites for hydroxylation is 1. The fourth-order valence-electron chi connectivity index (χ4n) is 1.86. The van der Waals surface area contributed by atoms with E-state index in [1.165, 1.54) is 36.5 Å². The molecule has 8 heteroatoms. The Morgan fingerprint density at radius 2 is 2.09 bits per heavy atom. The molecule has 0 unspecified atom stereocenters. The first kappa shape index (κ1) is 17.3. The van der Waals surface area contributed by atoms with Crippen molar-refractivity contribution in [3.63, 3.8) is 0 Å². The van der Waals surface area contributed by atoms with E-state index in [-0.39, 0.29) is 12.3 Å². The lowest BCUT2D eigenvalue weighted by Gasteiger charge is -2.18. The number of benzene rings is 1. The summed E-state index contributed by atoms with van der Waals surface area (Å²) in [6, 6.07) is 4.80. The Morgan fingerprint density at radius 1 is 1.39 bits per heavy atom. The first-order valence-electron chi connectivity index (χ1n) is 6.79. The van der Waals surface area contributed by atoms with E-state index in [1.54, 1.807) is 5.38 Å². The van der Waals surface area contributed by atoms with Crippen LogP contribution in [-0.4, -0.2) is 17.0 Å². The van der Waals surface area contributed by atoms with E-state index < -0.39 is 23.8 Å². The molecular weight excluding hydrogens is 329 g/mol. The van der Waals surface area contributed by atoms with Gasteiger partial charge in [0.05, 0.1) is 22.8 Å². The van der Waals surface area contributed by atoms with Crippen molar-refractivity contribution in [3.8, 4) is 5.75 Å². The smallest absolute Gasteiger partial charge is 0.419 e. The molecule has 0 aliphatic rings.